The lowest BCUT2D eigenvalue weighted by Gasteiger charge is -2.20. The van der Waals surface area contributed by atoms with Crippen molar-refractivity contribution in [3.8, 4) is 0 Å². The van der Waals surface area contributed by atoms with Crippen LogP contribution in [-0.4, -0.2) is 36.9 Å². The highest BCUT2D eigenvalue weighted by molar-refractivity contribution is 4.95. The van der Waals surface area contributed by atoms with E-state index in [1.165, 1.54) is 0 Å². The highest BCUT2D eigenvalue weighted by Crippen LogP contribution is 2.19. The quantitative estimate of drug-likeness (QED) is 0.785. The summed E-state index contributed by atoms with van der Waals surface area (Å²) in [7, 11) is 1.60. The van der Waals surface area contributed by atoms with E-state index in [4.69, 9.17) is 14.0 Å². The molecule has 6 heteroatoms. The smallest absolute Gasteiger partial charge is 0.255 e. The maximum atomic E-state index is 5.50. The van der Waals surface area contributed by atoms with Crippen LogP contribution < -0.4 is 5.32 Å². The van der Waals surface area contributed by atoms with Crippen molar-refractivity contribution in [3.05, 3.63) is 11.7 Å². The molecule has 2 unspecified atom stereocenters. The number of nitrogens with one attached hydrogen (secondary N) is 1. The van der Waals surface area contributed by atoms with Crippen LogP contribution >= 0.6 is 0 Å². The molecule has 1 N–H and O–H groups in total. The Hall–Kier alpha value is -0.980. The molecule has 1 aromatic rings. The molecule has 2 atom stereocenters. The molecule has 0 spiro atoms. The predicted molar refractivity (Wildman–Crippen MR) is 51.3 cm³/mol. The molecule has 2 rings (SSSR count). The Morgan fingerprint density at radius 3 is 3.13 bits per heavy atom. The monoisotopic (exact) mass is 213 g/mol. The summed E-state index contributed by atoms with van der Waals surface area (Å²) >= 11 is 0. The average molecular weight is 213 g/mol. The summed E-state index contributed by atoms with van der Waals surface area (Å²) in [6.07, 6.45) is -0.289. The van der Waals surface area contributed by atoms with Gasteiger partial charge in [-0.25, -0.2) is 0 Å². The van der Waals surface area contributed by atoms with E-state index < -0.39 is 0 Å². The van der Waals surface area contributed by atoms with Crippen molar-refractivity contribution in [1.29, 1.82) is 0 Å². The SMILES string of the molecule is COC(C)c1nc(C2CNCCO2)no1. The second-order valence-corrected chi connectivity index (χ2v) is 3.43. The molecule has 1 aliphatic rings. The second kappa shape index (κ2) is 4.69. The number of methoxy groups -OCH3 is 1. The fourth-order valence-corrected chi connectivity index (χ4v) is 1.38. The Bertz CT molecular complexity index is 309. The van der Waals surface area contributed by atoms with Gasteiger partial charge in [-0.2, -0.15) is 4.98 Å². The normalized spacial score (nSPS) is 24.0. The van der Waals surface area contributed by atoms with Gasteiger partial charge in [0.15, 0.2) is 0 Å². The van der Waals surface area contributed by atoms with Crippen molar-refractivity contribution in [2.24, 2.45) is 0 Å². The molecule has 1 saturated heterocycles. The van der Waals surface area contributed by atoms with E-state index in [1.807, 2.05) is 6.92 Å². The molecule has 0 aromatic carbocycles. The van der Waals surface area contributed by atoms with Gasteiger partial charge in [-0.15, -0.1) is 0 Å². The first-order valence-corrected chi connectivity index (χ1v) is 5.00. The minimum Gasteiger partial charge on any atom is -0.372 e. The Balaban J connectivity index is 2.05. The van der Waals surface area contributed by atoms with E-state index in [1.54, 1.807) is 7.11 Å². The van der Waals surface area contributed by atoms with Gasteiger partial charge in [0.2, 0.25) is 5.82 Å². The van der Waals surface area contributed by atoms with Crippen molar-refractivity contribution >= 4 is 0 Å². The number of aromatic nitrogens is 2. The number of morpholine rings is 1. The summed E-state index contributed by atoms with van der Waals surface area (Å²) in [5, 5.41) is 7.09. The zero-order valence-electron chi connectivity index (χ0n) is 8.90. The van der Waals surface area contributed by atoms with Crippen LogP contribution in [0.2, 0.25) is 0 Å². The summed E-state index contributed by atoms with van der Waals surface area (Å²) in [6, 6.07) is 0. The Morgan fingerprint density at radius 1 is 1.60 bits per heavy atom. The van der Waals surface area contributed by atoms with Crippen LogP contribution in [-0.2, 0) is 9.47 Å². The topological polar surface area (TPSA) is 69.4 Å². The van der Waals surface area contributed by atoms with E-state index in [-0.39, 0.29) is 12.2 Å². The molecule has 1 aromatic heterocycles. The van der Waals surface area contributed by atoms with Gasteiger partial charge in [0.1, 0.15) is 12.2 Å². The highest BCUT2D eigenvalue weighted by Gasteiger charge is 2.22. The third-order valence-electron chi connectivity index (χ3n) is 2.37. The van der Waals surface area contributed by atoms with E-state index in [2.05, 4.69) is 15.5 Å². The lowest BCUT2D eigenvalue weighted by Crippen LogP contribution is -2.33. The maximum absolute atomic E-state index is 5.50. The van der Waals surface area contributed by atoms with Gasteiger partial charge in [-0.3, -0.25) is 0 Å². The van der Waals surface area contributed by atoms with E-state index in [9.17, 15) is 0 Å². The van der Waals surface area contributed by atoms with Gasteiger partial charge in [0, 0.05) is 20.2 Å². The van der Waals surface area contributed by atoms with Crippen molar-refractivity contribution < 1.29 is 14.0 Å². The molecule has 0 radical (unpaired) electrons. The zero-order chi connectivity index (χ0) is 10.7. The largest absolute Gasteiger partial charge is 0.372 e. The number of hydrogen-bond donors (Lipinski definition) is 1. The first-order valence-electron chi connectivity index (χ1n) is 5.00. The van der Waals surface area contributed by atoms with E-state index in [0.29, 0.717) is 18.3 Å². The second-order valence-electron chi connectivity index (χ2n) is 3.43. The minimum absolute atomic E-state index is 0.111. The van der Waals surface area contributed by atoms with E-state index >= 15 is 0 Å². The standard InChI is InChI=1S/C9H15N3O3/c1-6(13-2)9-11-8(12-15-9)7-5-10-3-4-14-7/h6-7,10H,3-5H2,1-2H3. The molecular weight excluding hydrogens is 198 g/mol. The van der Waals surface area contributed by atoms with Crippen molar-refractivity contribution in [2.45, 2.75) is 19.1 Å². The Kier molecular flexibility index (Phi) is 3.30. The number of nitrogens with zero attached hydrogens (tertiary/aromatic N) is 2. The van der Waals surface area contributed by atoms with E-state index in [0.717, 1.165) is 13.1 Å². The summed E-state index contributed by atoms with van der Waals surface area (Å²) in [6.45, 7) is 4.13. The summed E-state index contributed by atoms with van der Waals surface area (Å²) in [5.41, 5.74) is 0. The summed E-state index contributed by atoms with van der Waals surface area (Å²) in [4.78, 5) is 4.24. The lowest BCUT2D eigenvalue weighted by molar-refractivity contribution is 0.0208. The molecule has 6 nitrogen and oxygen atoms in total. The molecular formula is C9H15N3O3. The van der Waals surface area contributed by atoms with Crippen LogP contribution in [0.5, 0.6) is 0 Å². The molecule has 1 fully saturated rings. The van der Waals surface area contributed by atoms with Gasteiger partial charge in [0.05, 0.1) is 6.61 Å². The highest BCUT2D eigenvalue weighted by atomic mass is 16.5. The number of ether oxygens (including phenoxy) is 2. The average Bonchev–Trinajstić information content (AvgIpc) is 2.78. The minimum atomic E-state index is -0.178. The summed E-state index contributed by atoms with van der Waals surface area (Å²) in [5.74, 6) is 1.07. The first kappa shape index (κ1) is 10.5. The molecule has 2 heterocycles. The maximum Gasteiger partial charge on any atom is 0.255 e. The molecule has 15 heavy (non-hydrogen) atoms. The van der Waals surface area contributed by atoms with Crippen molar-refractivity contribution in [1.82, 2.24) is 15.5 Å². The van der Waals surface area contributed by atoms with Crippen molar-refractivity contribution in [3.63, 3.8) is 0 Å². The molecule has 0 bridgehead atoms. The summed E-state index contributed by atoms with van der Waals surface area (Å²) < 4.78 is 15.7. The fraction of sp³-hybridized carbons (Fsp3) is 0.778. The Morgan fingerprint density at radius 2 is 2.47 bits per heavy atom. The van der Waals surface area contributed by atoms with Gasteiger partial charge >= 0.3 is 0 Å². The molecule has 0 saturated carbocycles. The zero-order valence-corrected chi connectivity index (χ0v) is 8.90. The third kappa shape index (κ3) is 2.34. The molecule has 1 aliphatic heterocycles. The van der Waals surface area contributed by atoms with Crippen LogP contribution in [0.25, 0.3) is 0 Å². The van der Waals surface area contributed by atoms with Crippen LogP contribution in [0.3, 0.4) is 0 Å². The molecule has 0 amide bonds. The Labute approximate surface area is 87.9 Å². The molecule has 0 aliphatic carbocycles. The number of hydrogen-bond acceptors (Lipinski definition) is 6. The van der Waals surface area contributed by atoms with Crippen LogP contribution in [0.4, 0.5) is 0 Å². The van der Waals surface area contributed by atoms with Gasteiger partial charge < -0.3 is 19.3 Å². The third-order valence-corrected chi connectivity index (χ3v) is 2.37. The number of rotatable bonds is 3. The first-order chi connectivity index (χ1) is 7.31. The van der Waals surface area contributed by atoms with Crippen LogP contribution in [0.1, 0.15) is 30.8 Å². The van der Waals surface area contributed by atoms with Gasteiger partial charge in [-0.1, -0.05) is 5.16 Å². The lowest BCUT2D eigenvalue weighted by atomic mass is 10.3. The van der Waals surface area contributed by atoms with Gasteiger partial charge in [-0.05, 0) is 6.92 Å². The van der Waals surface area contributed by atoms with Crippen molar-refractivity contribution in [2.75, 3.05) is 26.8 Å². The fourth-order valence-electron chi connectivity index (χ4n) is 1.38. The van der Waals surface area contributed by atoms with Gasteiger partial charge in [0.25, 0.3) is 5.89 Å². The van der Waals surface area contributed by atoms with Crippen LogP contribution in [0.15, 0.2) is 4.52 Å². The predicted octanol–water partition coefficient (Wildman–Crippen LogP) is 0.438. The van der Waals surface area contributed by atoms with Crippen LogP contribution in [0, 0.1) is 0 Å². The molecule has 84 valence electrons.